The van der Waals surface area contributed by atoms with E-state index in [1.165, 1.54) is 6.07 Å². The number of carbonyl (C=O) groups is 2. The normalized spacial score (nSPS) is 19.9. The average Bonchev–Trinajstić information content (AvgIpc) is 3.11. The van der Waals surface area contributed by atoms with E-state index < -0.39 is 29.5 Å². The van der Waals surface area contributed by atoms with E-state index in [2.05, 4.69) is 5.32 Å². The summed E-state index contributed by atoms with van der Waals surface area (Å²) < 4.78 is 56.7. The van der Waals surface area contributed by atoms with Crippen molar-refractivity contribution in [1.29, 1.82) is 0 Å². The Kier molecular flexibility index (Phi) is 7.14. The summed E-state index contributed by atoms with van der Waals surface area (Å²) in [5, 5.41) is 2.80. The number of alkyl halides is 3. The molecule has 1 N–H and O–H groups in total. The number of Topliss-reactive ketones (excluding diaryl/α,β-unsaturated/α-hetero) is 1. The van der Waals surface area contributed by atoms with Gasteiger partial charge < -0.3 is 9.88 Å². The standard InChI is InChI=1S/C26H30F4N2O2/c1-16-19(25(34)31-22-9-5-6-10-24(22)33)14-23(32(16)15-17-7-3-2-4-8-17)20-13-18(26(28,29)30)11-12-21(20)27/h11-14,17,22H,2-10,15H2,1H3,(H,31,34)/t22-/m1/s1. The monoisotopic (exact) mass is 478 g/mol. The minimum atomic E-state index is -4.61. The number of benzene rings is 1. The summed E-state index contributed by atoms with van der Waals surface area (Å²) in [7, 11) is 0. The van der Waals surface area contributed by atoms with Crippen LogP contribution in [0.5, 0.6) is 0 Å². The molecule has 34 heavy (non-hydrogen) atoms. The lowest BCUT2D eigenvalue weighted by Crippen LogP contribution is -2.42. The molecule has 0 saturated heterocycles. The van der Waals surface area contributed by atoms with Gasteiger partial charge in [0.15, 0.2) is 5.78 Å². The van der Waals surface area contributed by atoms with Crippen molar-refractivity contribution in [3.63, 3.8) is 0 Å². The third-order valence-electron chi connectivity index (χ3n) is 7.21. The van der Waals surface area contributed by atoms with Crippen molar-refractivity contribution in [1.82, 2.24) is 9.88 Å². The van der Waals surface area contributed by atoms with Crippen molar-refractivity contribution in [3.05, 3.63) is 46.9 Å². The number of rotatable bonds is 5. The second kappa shape index (κ2) is 9.92. The maximum absolute atomic E-state index is 14.8. The molecule has 0 spiro atoms. The first kappa shape index (κ1) is 24.5. The predicted molar refractivity (Wildman–Crippen MR) is 121 cm³/mol. The van der Waals surface area contributed by atoms with Gasteiger partial charge in [0, 0.05) is 24.2 Å². The molecule has 0 radical (unpaired) electrons. The number of amides is 1. The van der Waals surface area contributed by atoms with Crippen LogP contribution in [-0.4, -0.2) is 22.3 Å². The van der Waals surface area contributed by atoms with Crippen LogP contribution in [0, 0.1) is 18.7 Å². The first-order valence-electron chi connectivity index (χ1n) is 12.1. The minimum absolute atomic E-state index is 0.0111. The summed E-state index contributed by atoms with van der Waals surface area (Å²) in [5.41, 5.74) is -0.0294. The highest BCUT2D eigenvalue weighted by Gasteiger charge is 2.33. The number of hydrogen-bond acceptors (Lipinski definition) is 2. The van der Waals surface area contributed by atoms with Crippen molar-refractivity contribution < 1.29 is 27.2 Å². The lowest BCUT2D eigenvalue weighted by atomic mass is 9.89. The molecule has 2 aliphatic carbocycles. The van der Waals surface area contributed by atoms with Gasteiger partial charge in [0.1, 0.15) is 5.82 Å². The summed E-state index contributed by atoms with van der Waals surface area (Å²) in [6.45, 7) is 2.24. The Morgan fingerprint density at radius 3 is 2.44 bits per heavy atom. The zero-order valence-corrected chi connectivity index (χ0v) is 19.3. The zero-order valence-electron chi connectivity index (χ0n) is 19.3. The molecule has 0 bridgehead atoms. The number of aromatic nitrogens is 1. The van der Waals surface area contributed by atoms with Crippen LogP contribution in [0.25, 0.3) is 11.3 Å². The largest absolute Gasteiger partial charge is 0.416 e. The Morgan fingerprint density at radius 2 is 1.76 bits per heavy atom. The van der Waals surface area contributed by atoms with Crippen LogP contribution < -0.4 is 5.32 Å². The molecule has 8 heteroatoms. The molecule has 1 heterocycles. The number of hydrogen-bond donors (Lipinski definition) is 1. The van der Waals surface area contributed by atoms with Gasteiger partial charge >= 0.3 is 6.18 Å². The summed E-state index contributed by atoms with van der Waals surface area (Å²) in [6, 6.07) is 3.28. The van der Waals surface area contributed by atoms with E-state index in [9.17, 15) is 27.2 Å². The zero-order chi connectivity index (χ0) is 24.5. The molecule has 0 aliphatic heterocycles. The molecule has 2 saturated carbocycles. The SMILES string of the molecule is Cc1c(C(=O)N[C@@H]2CCCCC2=O)cc(-c2cc(C(F)(F)F)ccc2F)n1CC1CCCCC1. The quantitative estimate of drug-likeness (QED) is 0.503. The van der Waals surface area contributed by atoms with E-state index in [1.54, 1.807) is 11.5 Å². The van der Waals surface area contributed by atoms with Gasteiger partial charge in [0.2, 0.25) is 0 Å². The first-order valence-corrected chi connectivity index (χ1v) is 12.1. The molecule has 2 aromatic rings. The summed E-state index contributed by atoms with van der Waals surface area (Å²) in [6.07, 6.45) is 3.32. The maximum Gasteiger partial charge on any atom is 0.416 e. The van der Waals surface area contributed by atoms with Crippen LogP contribution in [-0.2, 0) is 17.5 Å². The highest BCUT2D eigenvalue weighted by atomic mass is 19.4. The van der Waals surface area contributed by atoms with Gasteiger partial charge in [-0.2, -0.15) is 13.2 Å². The van der Waals surface area contributed by atoms with Gasteiger partial charge in [0.25, 0.3) is 5.91 Å². The predicted octanol–water partition coefficient (Wildman–Crippen LogP) is 6.44. The van der Waals surface area contributed by atoms with Crippen molar-refractivity contribution in [2.75, 3.05) is 0 Å². The van der Waals surface area contributed by atoms with E-state index in [1.807, 2.05) is 0 Å². The van der Waals surface area contributed by atoms with Gasteiger partial charge in [-0.3, -0.25) is 9.59 Å². The van der Waals surface area contributed by atoms with Crippen molar-refractivity contribution >= 4 is 11.7 Å². The van der Waals surface area contributed by atoms with Gasteiger partial charge in [-0.25, -0.2) is 4.39 Å². The van der Waals surface area contributed by atoms with Gasteiger partial charge in [-0.05, 0) is 62.8 Å². The van der Waals surface area contributed by atoms with Crippen LogP contribution in [0.1, 0.15) is 79.4 Å². The number of halogens is 4. The van der Waals surface area contributed by atoms with Crippen molar-refractivity contribution in [3.8, 4) is 11.3 Å². The fourth-order valence-electron chi connectivity index (χ4n) is 5.23. The molecule has 0 unspecified atom stereocenters. The maximum atomic E-state index is 14.8. The molecule has 1 aromatic carbocycles. The number of nitrogens with zero attached hydrogens (tertiary/aromatic N) is 1. The average molecular weight is 479 g/mol. The molecule has 184 valence electrons. The van der Waals surface area contributed by atoms with Gasteiger partial charge in [-0.1, -0.05) is 25.7 Å². The summed E-state index contributed by atoms with van der Waals surface area (Å²) in [5.74, 6) is -0.926. The Balaban J connectivity index is 1.74. The molecule has 4 nitrogen and oxygen atoms in total. The van der Waals surface area contributed by atoms with Crippen molar-refractivity contribution in [2.45, 2.75) is 83.5 Å². The fraction of sp³-hybridized carbons (Fsp3) is 0.538. The van der Waals surface area contributed by atoms with Crippen LogP contribution in [0.15, 0.2) is 24.3 Å². The third kappa shape index (κ3) is 5.20. The highest BCUT2D eigenvalue weighted by Crippen LogP contribution is 2.36. The Labute approximate surface area is 196 Å². The molecule has 4 rings (SSSR count). The van der Waals surface area contributed by atoms with E-state index in [-0.39, 0.29) is 22.6 Å². The summed E-state index contributed by atoms with van der Waals surface area (Å²) >= 11 is 0. The molecule has 1 atom stereocenters. The molecular formula is C26H30F4N2O2. The molecule has 2 fully saturated rings. The topological polar surface area (TPSA) is 51.1 Å². The van der Waals surface area contributed by atoms with E-state index >= 15 is 0 Å². The molecule has 2 aliphatic rings. The highest BCUT2D eigenvalue weighted by molar-refractivity contribution is 6.00. The lowest BCUT2D eigenvalue weighted by Gasteiger charge is -2.24. The van der Waals surface area contributed by atoms with Crippen LogP contribution in [0.4, 0.5) is 17.6 Å². The fourth-order valence-corrected chi connectivity index (χ4v) is 5.23. The van der Waals surface area contributed by atoms with Crippen LogP contribution >= 0.6 is 0 Å². The first-order chi connectivity index (χ1) is 16.1. The smallest absolute Gasteiger partial charge is 0.344 e. The van der Waals surface area contributed by atoms with Crippen LogP contribution in [0.3, 0.4) is 0 Å². The number of carbonyl (C=O) groups excluding carboxylic acids is 2. The second-order valence-electron chi connectivity index (χ2n) is 9.57. The molecule has 1 amide bonds. The number of ketones is 1. The van der Waals surface area contributed by atoms with Crippen LogP contribution in [0.2, 0.25) is 0 Å². The Morgan fingerprint density at radius 1 is 1.06 bits per heavy atom. The molecule has 1 aromatic heterocycles. The van der Waals surface area contributed by atoms with Gasteiger partial charge in [0.05, 0.1) is 22.9 Å². The Bertz CT molecular complexity index is 1070. The lowest BCUT2D eigenvalue weighted by molar-refractivity contribution is -0.137. The van der Waals surface area contributed by atoms with E-state index in [0.717, 1.165) is 63.1 Å². The minimum Gasteiger partial charge on any atom is -0.344 e. The number of nitrogens with one attached hydrogen (secondary N) is 1. The van der Waals surface area contributed by atoms with Crippen molar-refractivity contribution in [2.24, 2.45) is 5.92 Å². The van der Waals surface area contributed by atoms with E-state index in [4.69, 9.17) is 0 Å². The van der Waals surface area contributed by atoms with E-state index in [0.29, 0.717) is 31.0 Å². The summed E-state index contributed by atoms with van der Waals surface area (Å²) in [4.78, 5) is 25.3. The van der Waals surface area contributed by atoms with Gasteiger partial charge in [-0.15, -0.1) is 0 Å². The second-order valence-corrected chi connectivity index (χ2v) is 9.57. The Hall–Kier alpha value is -2.64. The third-order valence-corrected chi connectivity index (χ3v) is 7.21. The molecular weight excluding hydrogens is 448 g/mol.